The molecule has 0 spiro atoms. The number of likely N-dealkylation sites (tertiary alicyclic amines) is 1. The van der Waals surface area contributed by atoms with Crippen molar-refractivity contribution in [3.05, 3.63) is 81.4 Å². The van der Waals surface area contributed by atoms with Crippen LogP contribution in [0.25, 0.3) is 5.76 Å². The van der Waals surface area contributed by atoms with Gasteiger partial charge in [0.05, 0.1) is 22.1 Å². The highest BCUT2D eigenvalue weighted by Crippen LogP contribution is 2.42. The molecule has 0 aromatic heterocycles. The van der Waals surface area contributed by atoms with Crippen LogP contribution in [0, 0.1) is 10.1 Å². The van der Waals surface area contributed by atoms with Gasteiger partial charge in [-0.15, -0.1) is 0 Å². The summed E-state index contributed by atoms with van der Waals surface area (Å²) >= 11 is 0. The van der Waals surface area contributed by atoms with Gasteiger partial charge in [0.25, 0.3) is 17.4 Å². The van der Waals surface area contributed by atoms with E-state index in [1.165, 1.54) is 23.1 Å². The molecular weight excluding hydrogens is 384 g/mol. The van der Waals surface area contributed by atoms with Crippen molar-refractivity contribution in [1.29, 1.82) is 0 Å². The fourth-order valence-corrected chi connectivity index (χ4v) is 3.78. The second-order valence-electron chi connectivity index (χ2n) is 7.24. The van der Waals surface area contributed by atoms with Gasteiger partial charge in [-0.1, -0.05) is 68.7 Å². The molecule has 2 aromatic carbocycles. The molecule has 1 atom stereocenters. The maximum atomic E-state index is 12.9. The number of benzene rings is 2. The van der Waals surface area contributed by atoms with Crippen molar-refractivity contribution in [3.63, 3.8) is 0 Å². The van der Waals surface area contributed by atoms with E-state index in [2.05, 4.69) is 6.92 Å². The van der Waals surface area contributed by atoms with Crippen LogP contribution in [0.2, 0.25) is 0 Å². The molecule has 1 saturated heterocycles. The Morgan fingerprint density at radius 2 is 1.70 bits per heavy atom. The molecule has 1 unspecified atom stereocenters. The molecule has 3 rings (SSSR count). The van der Waals surface area contributed by atoms with Gasteiger partial charge < -0.3 is 10.0 Å². The van der Waals surface area contributed by atoms with Gasteiger partial charge in [-0.25, -0.2) is 0 Å². The fourth-order valence-electron chi connectivity index (χ4n) is 3.78. The number of para-hydroxylation sites is 1. The van der Waals surface area contributed by atoms with Crippen molar-refractivity contribution in [1.82, 2.24) is 4.90 Å². The van der Waals surface area contributed by atoms with Crippen LogP contribution in [-0.4, -0.2) is 33.2 Å². The third-order valence-electron chi connectivity index (χ3n) is 5.27. The molecule has 1 aliphatic rings. The van der Waals surface area contributed by atoms with E-state index in [0.717, 1.165) is 19.3 Å². The van der Waals surface area contributed by atoms with Crippen LogP contribution in [0.15, 0.2) is 60.2 Å². The van der Waals surface area contributed by atoms with Crippen LogP contribution in [0.4, 0.5) is 5.69 Å². The summed E-state index contributed by atoms with van der Waals surface area (Å²) in [6.07, 6.45) is 3.55. The van der Waals surface area contributed by atoms with E-state index in [1.807, 2.05) is 0 Å². The highest BCUT2D eigenvalue weighted by molar-refractivity contribution is 6.46. The van der Waals surface area contributed by atoms with Crippen molar-refractivity contribution in [2.24, 2.45) is 0 Å². The largest absolute Gasteiger partial charge is 0.507 e. The summed E-state index contributed by atoms with van der Waals surface area (Å²) in [6.45, 7) is 2.35. The third kappa shape index (κ3) is 4.10. The van der Waals surface area contributed by atoms with E-state index in [4.69, 9.17) is 0 Å². The lowest BCUT2D eigenvalue weighted by molar-refractivity contribution is -0.385. The monoisotopic (exact) mass is 408 g/mol. The Balaban J connectivity index is 2.14. The summed E-state index contributed by atoms with van der Waals surface area (Å²) in [7, 11) is 0. The fraction of sp³-hybridized carbons (Fsp3) is 0.304. The molecular formula is C23H24N2O5. The number of unbranched alkanes of at least 4 members (excludes halogenated alkanes) is 3. The van der Waals surface area contributed by atoms with E-state index < -0.39 is 22.7 Å². The topological polar surface area (TPSA) is 101 Å². The number of nitro groups is 1. The molecule has 0 radical (unpaired) electrons. The van der Waals surface area contributed by atoms with Crippen molar-refractivity contribution >= 4 is 23.1 Å². The lowest BCUT2D eigenvalue weighted by Crippen LogP contribution is -2.31. The number of nitrogens with zero attached hydrogens (tertiary/aromatic N) is 2. The van der Waals surface area contributed by atoms with E-state index in [-0.39, 0.29) is 29.1 Å². The molecule has 0 saturated carbocycles. The van der Waals surface area contributed by atoms with E-state index >= 15 is 0 Å². The molecule has 0 aliphatic carbocycles. The van der Waals surface area contributed by atoms with Crippen LogP contribution in [0.5, 0.6) is 0 Å². The summed E-state index contributed by atoms with van der Waals surface area (Å²) in [4.78, 5) is 38.2. The second kappa shape index (κ2) is 9.35. The van der Waals surface area contributed by atoms with Gasteiger partial charge in [0.2, 0.25) is 0 Å². The average Bonchev–Trinajstić information content (AvgIpc) is 3.01. The Bertz CT molecular complexity index is 984. The number of aliphatic hydroxyl groups excluding tert-OH is 1. The molecule has 30 heavy (non-hydrogen) atoms. The Labute approximate surface area is 174 Å². The summed E-state index contributed by atoms with van der Waals surface area (Å²) in [5.41, 5.74) is 0.289. The van der Waals surface area contributed by atoms with Gasteiger partial charge in [-0.05, 0) is 12.5 Å². The number of ketones is 1. The number of rotatable bonds is 8. The minimum atomic E-state index is -1.01. The Kier molecular flexibility index (Phi) is 6.61. The van der Waals surface area contributed by atoms with Crippen LogP contribution in [-0.2, 0) is 9.59 Å². The molecule has 156 valence electrons. The van der Waals surface area contributed by atoms with Crippen LogP contribution in [0.3, 0.4) is 0 Å². The van der Waals surface area contributed by atoms with Gasteiger partial charge in [0.1, 0.15) is 5.76 Å². The number of Topliss-reactive ketones (excluding diaryl/α,β-unsaturated/α-hetero) is 1. The molecule has 7 heteroatoms. The van der Waals surface area contributed by atoms with Crippen LogP contribution < -0.4 is 0 Å². The van der Waals surface area contributed by atoms with Crippen molar-refractivity contribution in [3.8, 4) is 0 Å². The smallest absolute Gasteiger partial charge is 0.295 e. The Morgan fingerprint density at radius 1 is 1.03 bits per heavy atom. The van der Waals surface area contributed by atoms with Gasteiger partial charge in [-0.3, -0.25) is 19.7 Å². The zero-order valence-corrected chi connectivity index (χ0v) is 16.8. The molecule has 7 nitrogen and oxygen atoms in total. The van der Waals surface area contributed by atoms with Gasteiger partial charge in [0, 0.05) is 18.2 Å². The van der Waals surface area contributed by atoms with Gasteiger partial charge in [0.15, 0.2) is 0 Å². The Hall–Kier alpha value is -3.48. The van der Waals surface area contributed by atoms with E-state index in [1.54, 1.807) is 36.4 Å². The molecule has 1 aliphatic heterocycles. The predicted molar refractivity (Wildman–Crippen MR) is 113 cm³/mol. The molecule has 1 heterocycles. The lowest BCUT2D eigenvalue weighted by Gasteiger charge is -2.25. The first-order valence-electron chi connectivity index (χ1n) is 10.0. The first kappa shape index (κ1) is 21.2. The number of carbonyl (C=O) groups is 2. The SMILES string of the molecule is CCCCCCN1C(=O)C(=O)C(=C(O)c2ccccc2)C1c1ccccc1[N+](=O)[O-]. The Morgan fingerprint density at radius 3 is 2.37 bits per heavy atom. The molecule has 2 aromatic rings. The average molecular weight is 408 g/mol. The molecule has 1 N–H and O–H groups in total. The first-order valence-corrected chi connectivity index (χ1v) is 10.0. The number of hydrogen-bond acceptors (Lipinski definition) is 5. The summed E-state index contributed by atoms with van der Waals surface area (Å²) < 4.78 is 0. The molecule has 1 fully saturated rings. The highest BCUT2D eigenvalue weighted by atomic mass is 16.6. The maximum Gasteiger partial charge on any atom is 0.295 e. The third-order valence-corrected chi connectivity index (χ3v) is 5.27. The zero-order valence-electron chi connectivity index (χ0n) is 16.8. The number of hydrogen-bond donors (Lipinski definition) is 1. The number of aliphatic hydroxyl groups is 1. The zero-order chi connectivity index (χ0) is 21.7. The van der Waals surface area contributed by atoms with Gasteiger partial charge >= 0.3 is 0 Å². The highest BCUT2D eigenvalue weighted by Gasteiger charge is 2.47. The summed E-state index contributed by atoms with van der Waals surface area (Å²) in [5.74, 6) is -1.89. The quantitative estimate of drug-likeness (QED) is 0.172. The van der Waals surface area contributed by atoms with E-state index in [0.29, 0.717) is 12.0 Å². The minimum absolute atomic E-state index is 0.115. The van der Waals surface area contributed by atoms with Crippen molar-refractivity contribution in [2.45, 2.75) is 38.6 Å². The summed E-state index contributed by atoms with van der Waals surface area (Å²) in [6, 6.07) is 13.5. The number of nitro benzene ring substituents is 1. The predicted octanol–water partition coefficient (Wildman–Crippen LogP) is 4.60. The van der Waals surface area contributed by atoms with Crippen molar-refractivity contribution < 1.29 is 19.6 Å². The van der Waals surface area contributed by atoms with E-state index in [9.17, 15) is 24.8 Å². The summed E-state index contributed by atoms with van der Waals surface area (Å²) in [5, 5.41) is 22.5. The van der Waals surface area contributed by atoms with Crippen molar-refractivity contribution in [2.75, 3.05) is 6.54 Å². The molecule has 0 bridgehead atoms. The van der Waals surface area contributed by atoms with Crippen LogP contribution in [0.1, 0.15) is 49.8 Å². The standard InChI is InChI=1S/C23H24N2O5/c1-2-3-4-10-15-24-20(17-13-8-9-14-18(17)25(29)30)19(22(27)23(24)28)21(26)16-11-6-5-7-12-16/h5-9,11-14,20,26H,2-4,10,15H2,1H3. The van der Waals surface area contributed by atoms with Gasteiger partial charge in [-0.2, -0.15) is 0 Å². The number of amides is 1. The van der Waals surface area contributed by atoms with Crippen LogP contribution >= 0.6 is 0 Å². The maximum absolute atomic E-state index is 12.9. The minimum Gasteiger partial charge on any atom is -0.507 e. The lowest BCUT2D eigenvalue weighted by atomic mass is 9.94. The number of carbonyl (C=O) groups excluding carboxylic acids is 2. The second-order valence-corrected chi connectivity index (χ2v) is 7.24. The first-order chi connectivity index (χ1) is 14.5. The normalized spacial score (nSPS) is 18.0. The molecule has 1 amide bonds.